The molecule has 1 amide bonds. The highest BCUT2D eigenvalue weighted by molar-refractivity contribution is 7.92. The summed E-state index contributed by atoms with van der Waals surface area (Å²) in [6.45, 7) is 4.11. The van der Waals surface area contributed by atoms with Gasteiger partial charge in [0.05, 0.1) is 5.02 Å². The number of nitrogens with zero attached hydrogens (tertiary/aromatic N) is 1. The van der Waals surface area contributed by atoms with E-state index in [-0.39, 0.29) is 22.0 Å². The predicted molar refractivity (Wildman–Crippen MR) is 114 cm³/mol. The fourth-order valence-corrected chi connectivity index (χ4v) is 4.23. The van der Waals surface area contributed by atoms with Gasteiger partial charge < -0.3 is 5.32 Å². The molecule has 0 spiro atoms. The van der Waals surface area contributed by atoms with Crippen LogP contribution in [0.1, 0.15) is 27.0 Å². The Hall–Kier alpha value is -2.90. The minimum atomic E-state index is -3.97. The van der Waals surface area contributed by atoms with Crippen molar-refractivity contribution in [3.8, 4) is 0 Å². The molecule has 0 radical (unpaired) electrons. The number of sulfonamides is 1. The van der Waals surface area contributed by atoms with Gasteiger partial charge >= 0.3 is 0 Å². The van der Waals surface area contributed by atoms with E-state index >= 15 is 0 Å². The maximum atomic E-state index is 12.8. The molecule has 2 aromatic carbocycles. The molecule has 1 heterocycles. The molecule has 8 heteroatoms. The number of carbonyl (C=O) groups excluding carboxylic acids is 1. The molecule has 0 saturated heterocycles. The van der Waals surface area contributed by atoms with Crippen LogP contribution in [0.3, 0.4) is 0 Å². The summed E-state index contributed by atoms with van der Waals surface area (Å²) in [6.07, 6.45) is 3.29. The Morgan fingerprint density at radius 3 is 2.55 bits per heavy atom. The monoisotopic (exact) mass is 429 g/mol. The van der Waals surface area contributed by atoms with Crippen LogP contribution in [-0.2, 0) is 16.6 Å². The van der Waals surface area contributed by atoms with E-state index in [1.54, 1.807) is 30.6 Å². The molecular formula is C21H20ClN3O3S. The van der Waals surface area contributed by atoms with Gasteiger partial charge in [0.2, 0.25) is 0 Å². The van der Waals surface area contributed by atoms with E-state index in [1.165, 1.54) is 18.2 Å². The molecule has 3 aromatic rings. The number of nitrogens with one attached hydrogen (secondary N) is 2. The van der Waals surface area contributed by atoms with Crippen LogP contribution in [0.25, 0.3) is 0 Å². The zero-order chi connectivity index (χ0) is 21.0. The Morgan fingerprint density at radius 2 is 1.86 bits per heavy atom. The minimum absolute atomic E-state index is 0.0325. The lowest BCUT2D eigenvalue weighted by atomic mass is 10.1. The van der Waals surface area contributed by atoms with Crippen molar-refractivity contribution in [3.05, 3.63) is 88.2 Å². The summed E-state index contributed by atoms with van der Waals surface area (Å²) in [7, 11) is -3.97. The molecule has 0 aliphatic heterocycles. The molecule has 0 aliphatic rings. The number of hydrogen-bond acceptors (Lipinski definition) is 4. The van der Waals surface area contributed by atoms with E-state index in [9.17, 15) is 13.2 Å². The van der Waals surface area contributed by atoms with Gasteiger partial charge in [-0.2, -0.15) is 0 Å². The fourth-order valence-electron chi connectivity index (χ4n) is 2.65. The maximum Gasteiger partial charge on any atom is 0.263 e. The number of carbonyl (C=O) groups is 1. The summed E-state index contributed by atoms with van der Waals surface area (Å²) in [5, 5.41) is 2.77. The standard InChI is InChI=1S/C21H20ClN3O3S/c1-14-5-7-18(10-15(14)2)25-29(27,28)20-11-17(6-8-19(20)22)21(26)24-13-16-4-3-9-23-12-16/h3-12,25H,13H2,1-2H3,(H,24,26). The SMILES string of the molecule is Cc1ccc(NS(=O)(=O)c2cc(C(=O)NCc3cccnc3)ccc2Cl)cc1C. The van der Waals surface area contributed by atoms with Gasteiger partial charge in [-0.3, -0.25) is 14.5 Å². The van der Waals surface area contributed by atoms with Crippen LogP contribution in [0, 0.1) is 13.8 Å². The number of anilines is 1. The lowest BCUT2D eigenvalue weighted by Crippen LogP contribution is -2.23. The second-order valence-corrected chi connectivity index (χ2v) is 8.65. The Labute approximate surface area is 175 Å². The molecule has 3 rings (SSSR count). The second-order valence-electron chi connectivity index (χ2n) is 6.59. The lowest BCUT2D eigenvalue weighted by Gasteiger charge is -2.12. The highest BCUT2D eigenvalue weighted by Gasteiger charge is 2.20. The van der Waals surface area contributed by atoms with Crippen molar-refractivity contribution in [2.75, 3.05) is 4.72 Å². The van der Waals surface area contributed by atoms with Gasteiger partial charge in [-0.05, 0) is 66.9 Å². The molecule has 0 atom stereocenters. The third kappa shape index (κ3) is 5.13. The zero-order valence-corrected chi connectivity index (χ0v) is 17.5. The number of aromatic nitrogens is 1. The summed E-state index contributed by atoms with van der Waals surface area (Å²) in [4.78, 5) is 16.3. The van der Waals surface area contributed by atoms with Crippen LogP contribution in [0.15, 0.2) is 65.8 Å². The minimum Gasteiger partial charge on any atom is -0.348 e. The van der Waals surface area contributed by atoms with Crippen molar-refractivity contribution >= 4 is 33.2 Å². The number of halogens is 1. The first-order valence-corrected chi connectivity index (χ1v) is 10.7. The first kappa shape index (κ1) is 20.8. The zero-order valence-electron chi connectivity index (χ0n) is 15.9. The largest absolute Gasteiger partial charge is 0.348 e. The van der Waals surface area contributed by atoms with E-state index in [1.807, 2.05) is 26.0 Å². The van der Waals surface area contributed by atoms with Gasteiger partial charge in [0.15, 0.2) is 0 Å². The third-order valence-corrected chi connectivity index (χ3v) is 6.28. The van der Waals surface area contributed by atoms with Crippen LogP contribution < -0.4 is 10.0 Å². The first-order valence-electron chi connectivity index (χ1n) is 8.83. The molecule has 29 heavy (non-hydrogen) atoms. The van der Waals surface area contributed by atoms with Gasteiger partial charge in [0.25, 0.3) is 15.9 Å². The van der Waals surface area contributed by atoms with Crippen molar-refractivity contribution in [2.45, 2.75) is 25.3 Å². The molecule has 1 aromatic heterocycles. The molecule has 6 nitrogen and oxygen atoms in total. The van der Waals surface area contributed by atoms with Crippen molar-refractivity contribution in [2.24, 2.45) is 0 Å². The summed E-state index contributed by atoms with van der Waals surface area (Å²) in [5.74, 6) is -0.409. The van der Waals surface area contributed by atoms with Crippen LogP contribution in [-0.4, -0.2) is 19.3 Å². The summed E-state index contributed by atoms with van der Waals surface area (Å²) in [6, 6.07) is 13.0. The van der Waals surface area contributed by atoms with Crippen LogP contribution in [0.2, 0.25) is 5.02 Å². The molecule has 0 unspecified atom stereocenters. The summed E-state index contributed by atoms with van der Waals surface area (Å²) >= 11 is 6.12. The van der Waals surface area contributed by atoms with Crippen LogP contribution in [0.5, 0.6) is 0 Å². The maximum absolute atomic E-state index is 12.8. The van der Waals surface area contributed by atoms with Crippen LogP contribution >= 0.6 is 11.6 Å². The third-order valence-electron chi connectivity index (χ3n) is 4.42. The lowest BCUT2D eigenvalue weighted by molar-refractivity contribution is 0.0950. The highest BCUT2D eigenvalue weighted by atomic mass is 35.5. The average Bonchev–Trinajstić information content (AvgIpc) is 2.69. The normalized spacial score (nSPS) is 11.1. The first-order chi connectivity index (χ1) is 13.8. The molecular weight excluding hydrogens is 410 g/mol. The number of aryl methyl sites for hydroxylation is 2. The smallest absolute Gasteiger partial charge is 0.263 e. The summed E-state index contributed by atoms with van der Waals surface area (Å²) < 4.78 is 28.2. The molecule has 0 fully saturated rings. The van der Waals surface area contributed by atoms with E-state index in [4.69, 9.17) is 11.6 Å². The quantitative estimate of drug-likeness (QED) is 0.617. The highest BCUT2D eigenvalue weighted by Crippen LogP contribution is 2.26. The number of rotatable bonds is 6. The molecule has 0 bridgehead atoms. The second kappa shape index (κ2) is 8.63. The summed E-state index contributed by atoms with van der Waals surface area (Å²) in [5.41, 5.74) is 3.46. The van der Waals surface area contributed by atoms with Crippen molar-refractivity contribution in [3.63, 3.8) is 0 Å². The van der Waals surface area contributed by atoms with E-state index in [0.717, 1.165) is 16.7 Å². The van der Waals surface area contributed by atoms with E-state index in [0.29, 0.717) is 5.69 Å². The van der Waals surface area contributed by atoms with E-state index in [2.05, 4.69) is 15.0 Å². The number of hydrogen-bond donors (Lipinski definition) is 2. The molecule has 0 aliphatic carbocycles. The fraction of sp³-hybridized carbons (Fsp3) is 0.143. The van der Waals surface area contributed by atoms with Crippen molar-refractivity contribution in [1.29, 1.82) is 0 Å². The van der Waals surface area contributed by atoms with Crippen molar-refractivity contribution < 1.29 is 13.2 Å². The Kier molecular flexibility index (Phi) is 6.20. The van der Waals surface area contributed by atoms with Gasteiger partial charge in [-0.15, -0.1) is 0 Å². The molecule has 0 saturated carbocycles. The van der Waals surface area contributed by atoms with Crippen LogP contribution in [0.4, 0.5) is 5.69 Å². The van der Waals surface area contributed by atoms with Gasteiger partial charge in [-0.1, -0.05) is 23.7 Å². The van der Waals surface area contributed by atoms with Gasteiger partial charge in [-0.25, -0.2) is 8.42 Å². The Morgan fingerprint density at radius 1 is 1.07 bits per heavy atom. The topological polar surface area (TPSA) is 88.2 Å². The number of pyridine rings is 1. The number of benzene rings is 2. The van der Waals surface area contributed by atoms with Crippen molar-refractivity contribution in [1.82, 2.24) is 10.3 Å². The Bertz CT molecular complexity index is 1150. The molecule has 2 N–H and O–H groups in total. The van der Waals surface area contributed by atoms with Gasteiger partial charge in [0, 0.05) is 30.2 Å². The van der Waals surface area contributed by atoms with Gasteiger partial charge in [0.1, 0.15) is 4.90 Å². The Balaban J connectivity index is 1.81. The molecule has 150 valence electrons. The predicted octanol–water partition coefficient (Wildman–Crippen LogP) is 4.08. The number of amides is 1. The van der Waals surface area contributed by atoms with E-state index < -0.39 is 15.9 Å². The average molecular weight is 430 g/mol.